The number of aromatic nitrogens is 2. The average Bonchev–Trinajstić information content (AvgIpc) is 2.95. The highest BCUT2D eigenvalue weighted by Gasteiger charge is 2.39. The molecule has 1 aromatic heterocycles. The number of aryl methyl sites for hydroxylation is 2. The average molecular weight is 577 g/mol. The number of carbonyl (C=O) groups excluding carboxylic acids is 2. The standard InChI is InChI=1S/C23H18ClIN4O2S/c1-13-11-14(2)27-23(26-13)32-20-19(28-18-9-7-17(25)8-10-18)21(30)29(22(20)31)12-15-3-5-16(24)6-4-15/h3-11,28H,12H2,1-2H3. The molecule has 0 bridgehead atoms. The van der Waals surface area contributed by atoms with Gasteiger partial charge in [-0.25, -0.2) is 9.97 Å². The molecule has 32 heavy (non-hydrogen) atoms. The van der Waals surface area contributed by atoms with E-state index in [1.807, 2.05) is 44.2 Å². The fourth-order valence-electron chi connectivity index (χ4n) is 3.18. The molecule has 162 valence electrons. The monoisotopic (exact) mass is 576 g/mol. The second kappa shape index (κ2) is 9.60. The summed E-state index contributed by atoms with van der Waals surface area (Å²) >= 11 is 9.28. The van der Waals surface area contributed by atoms with E-state index in [9.17, 15) is 9.59 Å². The third kappa shape index (κ3) is 5.13. The molecule has 3 aromatic rings. The van der Waals surface area contributed by atoms with Crippen molar-refractivity contribution in [3.63, 3.8) is 0 Å². The smallest absolute Gasteiger partial charge is 0.278 e. The van der Waals surface area contributed by atoms with Crippen LogP contribution in [0.25, 0.3) is 0 Å². The Balaban J connectivity index is 1.69. The van der Waals surface area contributed by atoms with Gasteiger partial charge in [-0.05, 0) is 96.2 Å². The number of anilines is 1. The van der Waals surface area contributed by atoms with E-state index in [0.29, 0.717) is 15.9 Å². The zero-order chi connectivity index (χ0) is 22.8. The molecule has 1 aliphatic rings. The Kier molecular flexibility index (Phi) is 6.82. The number of nitrogens with one attached hydrogen (secondary N) is 1. The van der Waals surface area contributed by atoms with Crippen LogP contribution in [0.15, 0.2) is 70.4 Å². The van der Waals surface area contributed by atoms with Gasteiger partial charge in [-0.1, -0.05) is 23.7 Å². The van der Waals surface area contributed by atoms with Gasteiger partial charge in [0.2, 0.25) is 0 Å². The molecule has 1 aliphatic heterocycles. The van der Waals surface area contributed by atoms with Crippen LogP contribution in [0.1, 0.15) is 17.0 Å². The summed E-state index contributed by atoms with van der Waals surface area (Å²) in [6, 6.07) is 16.5. The number of nitrogens with zero attached hydrogens (tertiary/aromatic N) is 3. The van der Waals surface area contributed by atoms with Crippen LogP contribution in [-0.4, -0.2) is 26.7 Å². The summed E-state index contributed by atoms with van der Waals surface area (Å²) in [6.45, 7) is 3.88. The Morgan fingerprint density at radius 2 is 1.59 bits per heavy atom. The van der Waals surface area contributed by atoms with Crippen LogP contribution in [0.3, 0.4) is 0 Å². The molecule has 4 rings (SSSR count). The van der Waals surface area contributed by atoms with Crippen LogP contribution in [0, 0.1) is 17.4 Å². The maximum Gasteiger partial charge on any atom is 0.278 e. The summed E-state index contributed by atoms with van der Waals surface area (Å²) < 4.78 is 1.07. The molecule has 1 N–H and O–H groups in total. The first-order valence-corrected chi connectivity index (χ1v) is 11.9. The topological polar surface area (TPSA) is 75.2 Å². The van der Waals surface area contributed by atoms with Crippen molar-refractivity contribution in [2.45, 2.75) is 25.5 Å². The molecule has 2 aromatic carbocycles. The first-order chi connectivity index (χ1) is 15.3. The highest BCUT2D eigenvalue weighted by Crippen LogP contribution is 2.35. The van der Waals surface area contributed by atoms with Crippen molar-refractivity contribution in [3.8, 4) is 0 Å². The number of imide groups is 1. The predicted molar refractivity (Wildman–Crippen MR) is 134 cm³/mol. The number of hydrogen-bond donors (Lipinski definition) is 1. The van der Waals surface area contributed by atoms with Gasteiger partial charge in [-0.15, -0.1) is 0 Å². The lowest BCUT2D eigenvalue weighted by molar-refractivity contribution is -0.137. The van der Waals surface area contributed by atoms with E-state index in [-0.39, 0.29) is 23.1 Å². The SMILES string of the molecule is Cc1cc(C)nc(SC2=C(Nc3ccc(I)cc3)C(=O)N(Cc3ccc(Cl)cc3)C2=O)n1. The number of thioether (sulfide) groups is 1. The van der Waals surface area contributed by atoms with Crippen LogP contribution < -0.4 is 5.32 Å². The lowest BCUT2D eigenvalue weighted by Gasteiger charge is -2.15. The molecule has 0 aliphatic carbocycles. The van der Waals surface area contributed by atoms with E-state index in [0.717, 1.165) is 32.3 Å². The van der Waals surface area contributed by atoms with Gasteiger partial charge in [0.1, 0.15) is 10.6 Å². The van der Waals surface area contributed by atoms with E-state index in [1.54, 1.807) is 24.3 Å². The van der Waals surface area contributed by atoms with Crippen molar-refractivity contribution in [2.75, 3.05) is 5.32 Å². The van der Waals surface area contributed by atoms with Crippen molar-refractivity contribution in [1.82, 2.24) is 14.9 Å². The maximum absolute atomic E-state index is 13.3. The first-order valence-electron chi connectivity index (χ1n) is 9.68. The summed E-state index contributed by atoms with van der Waals surface area (Å²) in [7, 11) is 0. The quantitative estimate of drug-likeness (QED) is 0.243. The molecule has 6 nitrogen and oxygen atoms in total. The van der Waals surface area contributed by atoms with Crippen LogP contribution in [0.5, 0.6) is 0 Å². The summed E-state index contributed by atoms with van der Waals surface area (Å²) in [5, 5.41) is 4.16. The Hall–Kier alpha value is -2.43. The van der Waals surface area contributed by atoms with Crippen LogP contribution >= 0.6 is 46.0 Å². The zero-order valence-corrected chi connectivity index (χ0v) is 21.0. The van der Waals surface area contributed by atoms with Crippen LogP contribution in [-0.2, 0) is 16.1 Å². The van der Waals surface area contributed by atoms with Gasteiger partial charge >= 0.3 is 0 Å². The first kappa shape index (κ1) is 22.8. The third-order valence-electron chi connectivity index (χ3n) is 4.65. The molecule has 0 saturated carbocycles. The minimum atomic E-state index is -0.393. The molecule has 9 heteroatoms. The fraction of sp³-hybridized carbons (Fsp3) is 0.130. The van der Waals surface area contributed by atoms with Gasteiger partial charge in [0.05, 0.1) is 6.54 Å². The summed E-state index contributed by atoms with van der Waals surface area (Å²) in [4.78, 5) is 37.0. The van der Waals surface area contributed by atoms with E-state index < -0.39 is 5.91 Å². The Bertz CT molecular complexity index is 1210. The molecule has 0 spiro atoms. The van der Waals surface area contributed by atoms with Crippen molar-refractivity contribution in [2.24, 2.45) is 0 Å². The third-order valence-corrected chi connectivity index (χ3v) is 6.57. The van der Waals surface area contributed by atoms with Gasteiger partial charge in [0.15, 0.2) is 5.16 Å². The number of halogens is 2. The van der Waals surface area contributed by atoms with Crippen molar-refractivity contribution < 1.29 is 9.59 Å². The fourth-order valence-corrected chi connectivity index (χ4v) is 4.67. The van der Waals surface area contributed by atoms with Crippen LogP contribution in [0.4, 0.5) is 5.69 Å². The highest BCUT2D eigenvalue weighted by atomic mass is 127. The number of amides is 2. The molecule has 0 radical (unpaired) electrons. The molecular formula is C23H18ClIN4O2S. The van der Waals surface area contributed by atoms with Gasteiger partial charge in [0.25, 0.3) is 11.8 Å². The van der Waals surface area contributed by atoms with Gasteiger partial charge in [0, 0.05) is 25.7 Å². The Labute approximate surface area is 208 Å². The second-order valence-corrected chi connectivity index (χ2v) is 9.85. The van der Waals surface area contributed by atoms with E-state index in [4.69, 9.17) is 11.6 Å². The van der Waals surface area contributed by atoms with Crippen LogP contribution in [0.2, 0.25) is 5.02 Å². The van der Waals surface area contributed by atoms with Gasteiger partial charge < -0.3 is 5.32 Å². The highest BCUT2D eigenvalue weighted by molar-refractivity contribution is 14.1. The van der Waals surface area contributed by atoms with Crippen molar-refractivity contribution in [1.29, 1.82) is 0 Å². The molecule has 0 saturated heterocycles. The van der Waals surface area contributed by atoms with Gasteiger partial charge in [-0.2, -0.15) is 0 Å². The molecule has 0 unspecified atom stereocenters. The minimum Gasteiger partial charge on any atom is -0.350 e. The largest absolute Gasteiger partial charge is 0.350 e. The molecule has 2 amide bonds. The number of rotatable bonds is 6. The maximum atomic E-state index is 13.3. The Morgan fingerprint density at radius 1 is 0.969 bits per heavy atom. The number of hydrogen-bond acceptors (Lipinski definition) is 6. The molecule has 2 heterocycles. The lowest BCUT2D eigenvalue weighted by atomic mass is 10.2. The molecule has 0 fully saturated rings. The Morgan fingerprint density at radius 3 is 2.22 bits per heavy atom. The molecular weight excluding hydrogens is 559 g/mol. The molecule has 0 atom stereocenters. The zero-order valence-electron chi connectivity index (χ0n) is 17.2. The second-order valence-electron chi connectivity index (χ2n) is 7.19. The summed E-state index contributed by atoms with van der Waals surface area (Å²) in [6.07, 6.45) is 0. The normalized spacial score (nSPS) is 13.8. The van der Waals surface area contributed by atoms with Crippen molar-refractivity contribution in [3.05, 3.63) is 90.7 Å². The van der Waals surface area contributed by atoms with Crippen molar-refractivity contribution >= 4 is 63.5 Å². The van der Waals surface area contributed by atoms with E-state index in [2.05, 4.69) is 37.9 Å². The van der Waals surface area contributed by atoms with Gasteiger partial charge in [-0.3, -0.25) is 14.5 Å². The summed E-state index contributed by atoms with van der Waals surface area (Å²) in [5.41, 5.74) is 3.33. The lowest BCUT2D eigenvalue weighted by Crippen LogP contribution is -2.31. The van der Waals surface area contributed by atoms with E-state index in [1.165, 1.54) is 4.90 Å². The number of benzene rings is 2. The summed E-state index contributed by atoms with van der Waals surface area (Å²) in [5.74, 6) is -0.777. The minimum absolute atomic E-state index is 0.143. The van der Waals surface area contributed by atoms with E-state index >= 15 is 0 Å². The number of carbonyl (C=O) groups is 2. The predicted octanol–water partition coefficient (Wildman–Crippen LogP) is 5.34.